The number of carbonyl (C=O) groups excluding carboxylic acids is 1. The number of hydrogen-bond donors (Lipinski definition) is 1. The van der Waals surface area contributed by atoms with Gasteiger partial charge in [-0.15, -0.1) is 0 Å². The van der Waals surface area contributed by atoms with Gasteiger partial charge in [0.2, 0.25) is 0 Å². The predicted molar refractivity (Wildman–Crippen MR) is 80.7 cm³/mol. The summed E-state index contributed by atoms with van der Waals surface area (Å²) in [5, 5.41) is 3.64. The van der Waals surface area contributed by atoms with Crippen LogP contribution in [0, 0.1) is 5.41 Å². The molecule has 19 heavy (non-hydrogen) atoms. The van der Waals surface area contributed by atoms with Gasteiger partial charge in [0.05, 0.1) is 0 Å². The Kier molecular flexibility index (Phi) is 4.28. The van der Waals surface area contributed by atoms with E-state index in [9.17, 15) is 4.79 Å². The Morgan fingerprint density at radius 1 is 1.26 bits per heavy atom. The van der Waals surface area contributed by atoms with Crippen LogP contribution in [0.1, 0.15) is 63.2 Å². The summed E-state index contributed by atoms with van der Waals surface area (Å²) < 4.78 is 0. The first-order valence-corrected chi connectivity index (χ1v) is 7.43. The van der Waals surface area contributed by atoms with Crippen molar-refractivity contribution in [2.45, 2.75) is 58.9 Å². The molecule has 0 spiro atoms. The molecule has 0 radical (unpaired) electrons. The van der Waals surface area contributed by atoms with Gasteiger partial charge < -0.3 is 5.32 Å². The molecule has 0 amide bonds. The van der Waals surface area contributed by atoms with E-state index in [1.165, 1.54) is 25.7 Å². The van der Waals surface area contributed by atoms with E-state index in [-0.39, 0.29) is 5.78 Å². The predicted octanol–water partition coefficient (Wildman–Crippen LogP) is 4.66. The number of hydrogen-bond acceptors (Lipinski definition) is 2. The highest BCUT2D eigenvalue weighted by atomic mass is 16.1. The van der Waals surface area contributed by atoms with Crippen LogP contribution < -0.4 is 5.32 Å². The molecule has 1 aliphatic carbocycles. The summed E-state index contributed by atoms with van der Waals surface area (Å²) in [5.41, 5.74) is 2.31. The largest absolute Gasteiger partial charge is 0.382 e. The number of anilines is 1. The van der Waals surface area contributed by atoms with Crippen LogP contribution in [0.2, 0.25) is 0 Å². The standard InChI is InChI=1S/C17H25NO/c1-4-15(19)13-8-10-14(11-9-13)18-16-7-5-6-12-17(16,2)3/h8-11,16,18H,4-7,12H2,1-3H3. The summed E-state index contributed by atoms with van der Waals surface area (Å²) in [4.78, 5) is 11.6. The van der Waals surface area contributed by atoms with Gasteiger partial charge in [0, 0.05) is 23.7 Å². The van der Waals surface area contributed by atoms with Crippen LogP contribution in [0.3, 0.4) is 0 Å². The maximum Gasteiger partial charge on any atom is 0.162 e. The lowest BCUT2D eigenvalue weighted by atomic mass is 9.73. The molecule has 2 rings (SSSR count). The van der Waals surface area contributed by atoms with Gasteiger partial charge in [-0.25, -0.2) is 0 Å². The van der Waals surface area contributed by atoms with E-state index in [4.69, 9.17) is 0 Å². The van der Waals surface area contributed by atoms with Crippen molar-refractivity contribution in [3.63, 3.8) is 0 Å². The highest BCUT2D eigenvalue weighted by Gasteiger charge is 2.31. The lowest BCUT2D eigenvalue weighted by molar-refractivity contribution is 0.0988. The summed E-state index contributed by atoms with van der Waals surface area (Å²) >= 11 is 0. The van der Waals surface area contributed by atoms with E-state index in [0.29, 0.717) is 17.9 Å². The van der Waals surface area contributed by atoms with Crippen LogP contribution in [-0.2, 0) is 0 Å². The highest BCUT2D eigenvalue weighted by Crippen LogP contribution is 2.37. The molecule has 0 saturated heterocycles. The third-order valence-electron chi connectivity index (χ3n) is 4.38. The van der Waals surface area contributed by atoms with Gasteiger partial charge in [0.15, 0.2) is 5.78 Å². The molecule has 0 aromatic heterocycles. The number of ketones is 1. The Morgan fingerprint density at radius 2 is 1.95 bits per heavy atom. The van der Waals surface area contributed by atoms with E-state index in [1.807, 2.05) is 31.2 Å². The number of carbonyl (C=O) groups is 1. The molecule has 2 heteroatoms. The minimum absolute atomic E-state index is 0.213. The van der Waals surface area contributed by atoms with Crippen molar-refractivity contribution in [1.82, 2.24) is 0 Å². The summed E-state index contributed by atoms with van der Waals surface area (Å²) in [5.74, 6) is 0.213. The van der Waals surface area contributed by atoms with Crippen molar-refractivity contribution in [2.75, 3.05) is 5.32 Å². The second kappa shape index (κ2) is 5.77. The van der Waals surface area contributed by atoms with Crippen molar-refractivity contribution in [3.8, 4) is 0 Å². The van der Waals surface area contributed by atoms with Crippen molar-refractivity contribution in [3.05, 3.63) is 29.8 Å². The molecule has 1 N–H and O–H groups in total. The first-order chi connectivity index (χ1) is 9.03. The van der Waals surface area contributed by atoms with Crippen LogP contribution in [-0.4, -0.2) is 11.8 Å². The Morgan fingerprint density at radius 3 is 2.53 bits per heavy atom. The van der Waals surface area contributed by atoms with Gasteiger partial charge in [-0.05, 0) is 42.5 Å². The summed E-state index contributed by atoms with van der Waals surface area (Å²) in [6.07, 6.45) is 5.75. The zero-order valence-electron chi connectivity index (χ0n) is 12.3. The topological polar surface area (TPSA) is 29.1 Å². The fraction of sp³-hybridized carbons (Fsp3) is 0.588. The van der Waals surface area contributed by atoms with Gasteiger partial charge >= 0.3 is 0 Å². The monoisotopic (exact) mass is 259 g/mol. The normalized spacial score (nSPS) is 21.9. The summed E-state index contributed by atoms with van der Waals surface area (Å²) in [6.45, 7) is 6.59. The zero-order chi connectivity index (χ0) is 13.9. The fourth-order valence-electron chi connectivity index (χ4n) is 2.92. The maximum absolute atomic E-state index is 11.6. The van der Waals surface area contributed by atoms with E-state index in [1.54, 1.807) is 0 Å². The van der Waals surface area contributed by atoms with E-state index >= 15 is 0 Å². The quantitative estimate of drug-likeness (QED) is 0.797. The van der Waals surface area contributed by atoms with E-state index in [2.05, 4.69) is 19.2 Å². The molecule has 104 valence electrons. The van der Waals surface area contributed by atoms with Crippen molar-refractivity contribution >= 4 is 11.5 Å². The van der Waals surface area contributed by atoms with Gasteiger partial charge in [0.1, 0.15) is 0 Å². The SMILES string of the molecule is CCC(=O)c1ccc(NC2CCCCC2(C)C)cc1. The number of nitrogens with one attached hydrogen (secondary N) is 1. The second-order valence-corrected chi connectivity index (χ2v) is 6.29. The molecular formula is C17H25NO. The molecule has 0 heterocycles. The lowest BCUT2D eigenvalue weighted by Crippen LogP contribution is -2.38. The minimum atomic E-state index is 0.213. The third kappa shape index (κ3) is 3.37. The van der Waals surface area contributed by atoms with Crippen molar-refractivity contribution in [1.29, 1.82) is 0 Å². The van der Waals surface area contributed by atoms with Crippen molar-refractivity contribution in [2.24, 2.45) is 5.41 Å². The minimum Gasteiger partial charge on any atom is -0.382 e. The average Bonchev–Trinajstić information content (AvgIpc) is 2.41. The molecule has 1 aliphatic rings. The Labute approximate surface area is 116 Å². The molecule has 1 saturated carbocycles. The van der Waals surface area contributed by atoms with Gasteiger partial charge in [-0.3, -0.25) is 4.79 Å². The average molecular weight is 259 g/mol. The number of rotatable bonds is 4. The molecule has 2 nitrogen and oxygen atoms in total. The van der Waals surface area contributed by atoms with E-state index in [0.717, 1.165) is 11.3 Å². The molecule has 1 unspecified atom stereocenters. The molecule has 0 aliphatic heterocycles. The number of Topliss-reactive ketones (excluding diaryl/α,β-unsaturated/α-hetero) is 1. The second-order valence-electron chi connectivity index (χ2n) is 6.29. The van der Waals surface area contributed by atoms with Gasteiger partial charge in [-0.1, -0.05) is 33.6 Å². The van der Waals surface area contributed by atoms with Crippen LogP contribution in [0.25, 0.3) is 0 Å². The first-order valence-electron chi connectivity index (χ1n) is 7.43. The first kappa shape index (κ1) is 14.1. The fourth-order valence-corrected chi connectivity index (χ4v) is 2.92. The molecule has 1 fully saturated rings. The summed E-state index contributed by atoms with van der Waals surface area (Å²) in [7, 11) is 0. The highest BCUT2D eigenvalue weighted by molar-refractivity contribution is 5.96. The Bertz CT molecular complexity index is 433. The zero-order valence-corrected chi connectivity index (χ0v) is 12.3. The molecular weight excluding hydrogens is 234 g/mol. The van der Waals surface area contributed by atoms with Gasteiger partial charge in [0.25, 0.3) is 0 Å². The van der Waals surface area contributed by atoms with E-state index < -0.39 is 0 Å². The molecule has 0 bridgehead atoms. The summed E-state index contributed by atoms with van der Waals surface area (Å²) in [6, 6.07) is 8.48. The Hall–Kier alpha value is -1.31. The number of benzene rings is 1. The molecule has 1 aromatic rings. The Balaban J connectivity index is 2.05. The van der Waals surface area contributed by atoms with Crippen LogP contribution in [0.15, 0.2) is 24.3 Å². The van der Waals surface area contributed by atoms with Crippen LogP contribution in [0.4, 0.5) is 5.69 Å². The van der Waals surface area contributed by atoms with Crippen LogP contribution in [0.5, 0.6) is 0 Å². The maximum atomic E-state index is 11.6. The van der Waals surface area contributed by atoms with Crippen molar-refractivity contribution < 1.29 is 4.79 Å². The van der Waals surface area contributed by atoms with Gasteiger partial charge in [-0.2, -0.15) is 0 Å². The smallest absolute Gasteiger partial charge is 0.162 e. The van der Waals surface area contributed by atoms with Crippen LogP contribution >= 0.6 is 0 Å². The molecule has 1 atom stereocenters. The third-order valence-corrected chi connectivity index (χ3v) is 4.38. The lowest BCUT2D eigenvalue weighted by Gasteiger charge is -2.39. The molecule has 1 aromatic carbocycles.